The van der Waals surface area contributed by atoms with E-state index in [0.29, 0.717) is 5.56 Å². The fourth-order valence-electron chi connectivity index (χ4n) is 2.58. The SMILES string of the molecule is C=CCC[C@@H](c1cccc(F)c1F)N1CCNCC1.Cl.Cl. The Balaban J connectivity index is 0.00000200. The highest BCUT2D eigenvalue weighted by Crippen LogP contribution is 2.29. The average molecular weight is 339 g/mol. The molecule has 1 aliphatic heterocycles. The summed E-state index contributed by atoms with van der Waals surface area (Å²) in [6, 6.07) is 4.36. The highest BCUT2D eigenvalue weighted by molar-refractivity contribution is 5.85. The Labute approximate surface area is 137 Å². The molecule has 1 heterocycles. The molecule has 1 N–H and O–H groups in total. The Morgan fingerprint density at radius 3 is 2.52 bits per heavy atom. The van der Waals surface area contributed by atoms with E-state index in [1.807, 2.05) is 6.08 Å². The van der Waals surface area contributed by atoms with Gasteiger partial charge in [0, 0.05) is 37.8 Å². The summed E-state index contributed by atoms with van der Waals surface area (Å²) in [5.41, 5.74) is 0.462. The number of halogens is 4. The Morgan fingerprint density at radius 1 is 1.24 bits per heavy atom. The Hall–Kier alpha value is -0.680. The van der Waals surface area contributed by atoms with E-state index in [4.69, 9.17) is 0 Å². The number of allylic oxidation sites excluding steroid dienone is 1. The second-order valence-corrected chi connectivity index (χ2v) is 4.81. The lowest BCUT2D eigenvalue weighted by Crippen LogP contribution is -2.45. The molecule has 0 aromatic heterocycles. The van der Waals surface area contributed by atoms with Gasteiger partial charge < -0.3 is 5.32 Å². The quantitative estimate of drug-likeness (QED) is 0.823. The molecule has 0 saturated carbocycles. The first kappa shape index (κ1) is 20.3. The van der Waals surface area contributed by atoms with Crippen molar-refractivity contribution in [2.75, 3.05) is 26.2 Å². The number of hydrogen-bond acceptors (Lipinski definition) is 2. The number of rotatable bonds is 5. The van der Waals surface area contributed by atoms with E-state index in [-0.39, 0.29) is 30.9 Å². The minimum Gasteiger partial charge on any atom is -0.314 e. The topological polar surface area (TPSA) is 15.3 Å². The molecular weight excluding hydrogens is 317 g/mol. The van der Waals surface area contributed by atoms with E-state index in [1.54, 1.807) is 12.1 Å². The van der Waals surface area contributed by atoms with Crippen molar-refractivity contribution in [3.63, 3.8) is 0 Å². The van der Waals surface area contributed by atoms with E-state index in [9.17, 15) is 8.78 Å². The third kappa shape index (κ3) is 5.22. The van der Waals surface area contributed by atoms with E-state index < -0.39 is 11.6 Å². The van der Waals surface area contributed by atoms with Crippen LogP contribution in [-0.2, 0) is 0 Å². The fourth-order valence-corrected chi connectivity index (χ4v) is 2.58. The third-order valence-electron chi connectivity index (χ3n) is 3.58. The van der Waals surface area contributed by atoms with Gasteiger partial charge in [0.2, 0.25) is 0 Å². The van der Waals surface area contributed by atoms with Gasteiger partial charge in [-0.25, -0.2) is 8.78 Å². The molecule has 1 aliphatic rings. The average Bonchev–Trinajstić information content (AvgIpc) is 2.45. The fraction of sp³-hybridized carbons (Fsp3) is 0.467. The minimum absolute atomic E-state index is 0. The van der Waals surface area contributed by atoms with Crippen LogP contribution in [0.4, 0.5) is 8.78 Å². The minimum atomic E-state index is -0.767. The number of hydrogen-bond donors (Lipinski definition) is 1. The number of nitrogens with zero attached hydrogens (tertiary/aromatic N) is 1. The molecule has 21 heavy (non-hydrogen) atoms. The zero-order valence-electron chi connectivity index (χ0n) is 11.9. The molecule has 0 bridgehead atoms. The van der Waals surface area contributed by atoms with Gasteiger partial charge >= 0.3 is 0 Å². The Kier molecular flexibility index (Phi) is 9.79. The second kappa shape index (κ2) is 10.1. The smallest absolute Gasteiger partial charge is 0.163 e. The summed E-state index contributed by atoms with van der Waals surface area (Å²) in [5.74, 6) is -1.48. The molecule has 6 heteroatoms. The van der Waals surface area contributed by atoms with Crippen molar-refractivity contribution in [3.05, 3.63) is 48.1 Å². The highest BCUT2D eigenvalue weighted by Gasteiger charge is 2.25. The summed E-state index contributed by atoms with van der Waals surface area (Å²) in [6.45, 7) is 7.21. The third-order valence-corrected chi connectivity index (χ3v) is 3.58. The van der Waals surface area contributed by atoms with Crippen molar-refractivity contribution >= 4 is 24.8 Å². The van der Waals surface area contributed by atoms with Crippen molar-refractivity contribution in [2.24, 2.45) is 0 Å². The molecule has 0 aliphatic carbocycles. The van der Waals surface area contributed by atoms with Crippen LogP contribution in [0.15, 0.2) is 30.9 Å². The van der Waals surface area contributed by atoms with Crippen LogP contribution in [0.5, 0.6) is 0 Å². The summed E-state index contributed by atoms with van der Waals surface area (Å²) < 4.78 is 27.4. The van der Waals surface area contributed by atoms with Crippen molar-refractivity contribution in [1.82, 2.24) is 10.2 Å². The lowest BCUT2D eigenvalue weighted by molar-refractivity contribution is 0.162. The molecule has 0 unspecified atom stereocenters. The van der Waals surface area contributed by atoms with Crippen LogP contribution in [0.2, 0.25) is 0 Å². The molecule has 1 fully saturated rings. The second-order valence-electron chi connectivity index (χ2n) is 4.81. The molecule has 1 atom stereocenters. The maximum atomic E-state index is 14.0. The van der Waals surface area contributed by atoms with Gasteiger partial charge in [-0.05, 0) is 18.9 Å². The largest absolute Gasteiger partial charge is 0.314 e. The molecule has 0 radical (unpaired) electrons. The van der Waals surface area contributed by atoms with Crippen LogP contribution in [0.3, 0.4) is 0 Å². The monoisotopic (exact) mass is 338 g/mol. The summed E-state index contributed by atoms with van der Waals surface area (Å²) in [5, 5.41) is 3.27. The summed E-state index contributed by atoms with van der Waals surface area (Å²) in [6.07, 6.45) is 3.39. The first-order chi connectivity index (χ1) is 9.24. The van der Waals surface area contributed by atoms with E-state index >= 15 is 0 Å². The van der Waals surface area contributed by atoms with Crippen molar-refractivity contribution in [2.45, 2.75) is 18.9 Å². The first-order valence-electron chi connectivity index (χ1n) is 6.73. The van der Waals surface area contributed by atoms with Gasteiger partial charge in [-0.2, -0.15) is 0 Å². The molecule has 2 rings (SSSR count). The van der Waals surface area contributed by atoms with Gasteiger partial charge in [-0.1, -0.05) is 18.2 Å². The van der Waals surface area contributed by atoms with Gasteiger partial charge in [0.05, 0.1) is 0 Å². The maximum absolute atomic E-state index is 14.0. The standard InChI is InChI=1S/C15H20F2N2.2ClH/c1-2-3-7-14(19-10-8-18-9-11-19)12-5-4-6-13(16)15(12)17;;/h2,4-6,14,18H,1,3,7-11H2;2*1H/t14-;;/m0../s1. The first-order valence-corrected chi connectivity index (χ1v) is 6.73. The van der Waals surface area contributed by atoms with Crippen LogP contribution < -0.4 is 5.32 Å². The van der Waals surface area contributed by atoms with Gasteiger partial charge in [-0.15, -0.1) is 31.4 Å². The molecule has 1 saturated heterocycles. The highest BCUT2D eigenvalue weighted by atomic mass is 35.5. The summed E-state index contributed by atoms with van der Waals surface area (Å²) in [7, 11) is 0. The van der Waals surface area contributed by atoms with Crippen molar-refractivity contribution < 1.29 is 8.78 Å². The summed E-state index contributed by atoms with van der Waals surface area (Å²) >= 11 is 0. The molecule has 1 aromatic rings. The molecule has 2 nitrogen and oxygen atoms in total. The molecule has 0 spiro atoms. The van der Waals surface area contributed by atoms with Crippen molar-refractivity contribution in [3.8, 4) is 0 Å². The molecular formula is C15H22Cl2F2N2. The predicted octanol–water partition coefficient (Wildman–Crippen LogP) is 3.72. The zero-order chi connectivity index (χ0) is 13.7. The predicted molar refractivity (Wildman–Crippen MR) is 87.5 cm³/mol. The molecule has 1 aromatic carbocycles. The van der Waals surface area contributed by atoms with E-state index in [2.05, 4.69) is 16.8 Å². The van der Waals surface area contributed by atoms with Crippen LogP contribution in [0.1, 0.15) is 24.4 Å². The maximum Gasteiger partial charge on any atom is 0.163 e. The lowest BCUT2D eigenvalue weighted by Gasteiger charge is -2.35. The van der Waals surface area contributed by atoms with Gasteiger partial charge in [0.15, 0.2) is 11.6 Å². The van der Waals surface area contributed by atoms with Gasteiger partial charge in [-0.3, -0.25) is 4.90 Å². The normalized spacial score (nSPS) is 16.5. The number of piperazine rings is 1. The summed E-state index contributed by atoms with van der Waals surface area (Å²) in [4.78, 5) is 2.22. The zero-order valence-corrected chi connectivity index (χ0v) is 13.5. The molecule has 120 valence electrons. The number of nitrogens with one attached hydrogen (secondary N) is 1. The Morgan fingerprint density at radius 2 is 1.90 bits per heavy atom. The molecule has 0 amide bonds. The van der Waals surface area contributed by atoms with Crippen LogP contribution in [0, 0.1) is 11.6 Å². The van der Waals surface area contributed by atoms with Crippen LogP contribution in [-0.4, -0.2) is 31.1 Å². The van der Waals surface area contributed by atoms with E-state index in [0.717, 1.165) is 39.0 Å². The van der Waals surface area contributed by atoms with Gasteiger partial charge in [0.1, 0.15) is 0 Å². The van der Waals surface area contributed by atoms with Crippen LogP contribution >= 0.6 is 24.8 Å². The lowest BCUT2D eigenvalue weighted by atomic mass is 9.98. The number of benzene rings is 1. The Bertz CT molecular complexity index is 438. The van der Waals surface area contributed by atoms with E-state index in [1.165, 1.54) is 6.07 Å². The van der Waals surface area contributed by atoms with Crippen molar-refractivity contribution in [1.29, 1.82) is 0 Å². The van der Waals surface area contributed by atoms with Gasteiger partial charge in [0.25, 0.3) is 0 Å². The van der Waals surface area contributed by atoms with Crippen LogP contribution in [0.25, 0.3) is 0 Å².